The molecule has 1 amide bonds. The molecule has 1 aliphatic heterocycles. The molecule has 0 spiro atoms. The monoisotopic (exact) mass is 425 g/mol. The van der Waals surface area contributed by atoms with Gasteiger partial charge in [0.2, 0.25) is 6.79 Å². The second-order valence-electron chi connectivity index (χ2n) is 8.03. The lowest BCUT2D eigenvalue weighted by molar-refractivity contribution is -0.143. The number of fused-ring (bicyclic) bond motifs is 1. The van der Waals surface area contributed by atoms with Crippen LogP contribution in [0.15, 0.2) is 48.5 Å². The van der Waals surface area contributed by atoms with E-state index in [2.05, 4.69) is 26.1 Å². The third-order valence-electron chi connectivity index (χ3n) is 4.57. The van der Waals surface area contributed by atoms with Crippen molar-refractivity contribution < 1.29 is 28.5 Å². The first kappa shape index (κ1) is 22.2. The van der Waals surface area contributed by atoms with Crippen LogP contribution in [0, 0.1) is 0 Å². The molecule has 0 radical (unpaired) electrons. The van der Waals surface area contributed by atoms with Gasteiger partial charge < -0.3 is 24.3 Å². The summed E-state index contributed by atoms with van der Waals surface area (Å²) >= 11 is 0. The minimum Gasteiger partial charge on any atom is -0.492 e. The van der Waals surface area contributed by atoms with E-state index < -0.39 is 11.9 Å². The average Bonchev–Trinajstić information content (AvgIpc) is 3.21. The highest BCUT2D eigenvalue weighted by atomic mass is 16.7. The predicted octanol–water partition coefficient (Wildman–Crippen LogP) is 3.46. The first-order chi connectivity index (χ1) is 14.8. The molecule has 2 aromatic carbocycles. The van der Waals surface area contributed by atoms with Crippen LogP contribution in [-0.2, 0) is 19.7 Å². The molecule has 0 saturated heterocycles. The van der Waals surface area contributed by atoms with E-state index in [1.807, 2.05) is 24.3 Å². The average molecular weight is 425 g/mol. The molecule has 2 aromatic rings. The lowest BCUT2D eigenvalue weighted by Crippen LogP contribution is -2.31. The van der Waals surface area contributed by atoms with Crippen LogP contribution in [0.4, 0.5) is 0 Å². The van der Waals surface area contributed by atoms with E-state index in [0.717, 1.165) is 11.3 Å². The van der Waals surface area contributed by atoms with Crippen molar-refractivity contribution >= 4 is 18.0 Å². The van der Waals surface area contributed by atoms with Gasteiger partial charge in [0.25, 0.3) is 5.91 Å². The molecule has 0 fully saturated rings. The molecule has 1 aliphatic rings. The SMILES string of the molecule is CC(C)(C)c1ccc(OCCNC(=O)COC(=O)/C=C/c2ccc3c(c2)OCO3)cc1. The second-order valence-corrected chi connectivity index (χ2v) is 8.03. The summed E-state index contributed by atoms with van der Waals surface area (Å²) in [6.07, 6.45) is 2.84. The van der Waals surface area contributed by atoms with E-state index in [9.17, 15) is 9.59 Å². The van der Waals surface area contributed by atoms with Crippen molar-refractivity contribution in [2.24, 2.45) is 0 Å². The number of benzene rings is 2. The van der Waals surface area contributed by atoms with Gasteiger partial charge in [-0.3, -0.25) is 4.79 Å². The van der Waals surface area contributed by atoms with Gasteiger partial charge in [-0.25, -0.2) is 4.79 Å². The maximum atomic E-state index is 11.8. The van der Waals surface area contributed by atoms with Crippen molar-refractivity contribution in [3.05, 3.63) is 59.7 Å². The number of amides is 1. The van der Waals surface area contributed by atoms with Crippen molar-refractivity contribution in [2.45, 2.75) is 26.2 Å². The third-order valence-corrected chi connectivity index (χ3v) is 4.57. The molecular formula is C24H27NO6. The molecule has 0 aromatic heterocycles. The zero-order valence-corrected chi connectivity index (χ0v) is 18.0. The first-order valence-electron chi connectivity index (χ1n) is 10.1. The Morgan fingerprint density at radius 3 is 2.55 bits per heavy atom. The van der Waals surface area contributed by atoms with Gasteiger partial charge in [-0.15, -0.1) is 0 Å². The molecule has 0 aliphatic carbocycles. The molecule has 7 nitrogen and oxygen atoms in total. The molecule has 164 valence electrons. The summed E-state index contributed by atoms with van der Waals surface area (Å²) in [6, 6.07) is 13.2. The topological polar surface area (TPSA) is 83.1 Å². The van der Waals surface area contributed by atoms with Crippen molar-refractivity contribution in [2.75, 3.05) is 26.6 Å². The van der Waals surface area contributed by atoms with Crippen LogP contribution >= 0.6 is 0 Å². The summed E-state index contributed by atoms with van der Waals surface area (Å²) in [4.78, 5) is 23.6. The number of carbonyl (C=O) groups is 2. The molecule has 7 heteroatoms. The maximum absolute atomic E-state index is 11.8. The number of nitrogens with one attached hydrogen (secondary N) is 1. The molecule has 0 saturated carbocycles. The zero-order chi connectivity index (χ0) is 22.3. The lowest BCUT2D eigenvalue weighted by Gasteiger charge is -2.19. The molecule has 3 rings (SSSR count). The summed E-state index contributed by atoms with van der Waals surface area (Å²) in [5.74, 6) is 1.03. The van der Waals surface area contributed by atoms with Crippen LogP contribution in [0.5, 0.6) is 17.2 Å². The number of esters is 1. The Bertz CT molecular complexity index is 944. The molecule has 1 heterocycles. The van der Waals surface area contributed by atoms with Crippen molar-refractivity contribution in [3.8, 4) is 17.2 Å². The molecule has 31 heavy (non-hydrogen) atoms. The van der Waals surface area contributed by atoms with Crippen LogP contribution in [0.2, 0.25) is 0 Å². The summed E-state index contributed by atoms with van der Waals surface area (Å²) in [5, 5.41) is 2.65. The second kappa shape index (κ2) is 10.0. The van der Waals surface area contributed by atoms with Crippen LogP contribution in [0.25, 0.3) is 6.08 Å². The van der Waals surface area contributed by atoms with E-state index in [1.54, 1.807) is 24.3 Å². The van der Waals surface area contributed by atoms with Gasteiger partial charge in [-0.05, 0) is 46.9 Å². The van der Waals surface area contributed by atoms with Crippen molar-refractivity contribution in [1.29, 1.82) is 0 Å². The van der Waals surface area contributed by atoms with Crippen LogP contribution in [-0.4, -0.2) is 38.4 Å². The Hall–Kier alpha value is -3.48. The number of hydrogen-bond donors (Lipinski definition) is 1. The fourth-order valence-electron chi connectivity index (χ4n) is 2.83. The Morgan fingerprint density at radius 2 is 1.81 bits per heavy atom. The number of ether oxygens (including phenoxy) is 4. The predicted molar refractivity (Wildman–Crippen MR) is 116 cm³/mol. The number of carbonyl (C=O) groups excluding carboxylic acids is 2. The lowest BCUT2D eigenvalue weighted by atomic mass is 9.87. The van der Waals surface area contributed by atoms with Crippen LogP contribution in [0.3, 0.4) is 0 Å². The van der Waals surface area contributed by atoms with E-state index in [-0.39, 0.29) is 18.8 Å². The third kappa shape index (κ3) is 6.77. The van der Waals surface area contributed by atoms with E-state index in [1.165, 1.54) is 11.6 Å². The Balaban J connectivity index is 1.32. The Labute approximate surface area is 181 Å². The van der Waals surface area contributed by atoms with Crippen molar-refractivity contribution in [1.82, 2.24) is 5.32 Å². The highest BCUT2D eigenvalue weighted by Crippen LogP contribution is 2.32. The molecule has 0 atom stereocenters. The fraction of sp³-hybridized carbons (Fsp3) is 0.333. The minimum atomic E-state index is -0.608. The van der Waals surface area contributed by atoms with Gasteiger partial charge in [0.1, 0.15) is 12.4 Å². The highest BCUT2D eigenvalue weighted by Gasteiger charge is 2.13. The van der Waals surface area contributed by atoms with Gasteiger partial charge in [0.05, 0.1) is 6.54 Å². The van der Waals surface area contributed by atoms with E-state index in [0.29, 0.717) is 24.7 Å². The van der Waals surface area contributed by atoms with Crippen LogP contribution < -0.4 is 19.5 Å². The first-order valence-corrected chi connectivity index (χ1v) is 10.1. The summed E-state index contributed by atoms with van der Waals surface area (Å²) in [7, 11) is 0. The Kier molecular flexibility index (Phi) is 7.18. The zero-order valence-electron chi connectivity index (χ0n) is 18.0. The van der Waals surface area contributed by atoms with Crippen molar-refractivity contribution in [3.63, 3.8) is 0 Å². The van der Waals surface area contributed by atoms with E-state index in [4.69, 9.17) is 18.9 Å². The highest BCUT2D eigenvalue weighted by molar-refractivity contribution is 5.89. The number of hydrogen-bond acceptors (Lipinski definition) is 6. The maximum Gasteiger partial charge on any atom is 0.331 e. The van der Waals surface area contributed by atoms with Gasteiger partial charge in [-0.1, -0.05) is 39.0 Å². The Morgan fingerprint density at radius 1 is 1.06 bits per heavy atom. The molecular weight excluding hydrogens is 398 g/mol. The smallest absolute Gasteiger partial charge is 0.331 e. The standard InChI is InChI=1S/C24H27NO6/c1-24(2,3)18-6-8-19(9-7-18)28-13-12-25-22(26)15-29-23(27)11-5-17-4-10-20-21(14-17)31-16-30-20/h4-11,14H,12-13,15-16H2,1-3H3,(H,25,26)/b11-5+. The van der Waals surface area contributed by atoms with Gasteiger partial charge in [0.15, 0.2) is 18.1 Å². The van der Waals surface area contributed by atoms with Crippen LogP contribution in [0.1, 0.15) is 31.9 Å². The molecule has 0 unspecified atom stereocenters. The minimum absolute atomic E-state index is 0.0869. The quantitative estimate of drug-likeness (QED) is 0.396. The largest absolute Gasteiger partial charge is 0.492 e. The normalized spacial score (nSPS) is 12.6. The number of rotatable bonds is 8. The summed E-state index contributed by atoms with van der Waals surface area (Å²) in [5.41, 5.74) is 2.07. The van der Waals surface area contributed by atoms with Gasteiger partial charge in [0, 0.05) is 6.08 Å². The fourth-order valence-corrected chi connectivity index (χ4v) is 2.83. The molecule has 0 bridgehead atoms. The molecule has 1 N–H and O–H groups in total. The van der Waals surface area contributed by atoms with Gasteiger partial charge >= 0.3 is 5.97 Å². The summed E-state index contributed by atoms with van der Waals surface area (Å²) in [6.45, 7) is 6.91. The van der Waals surface area contributed by atoms with Gasteiger partial charge in [-0.2, -0.15) is 0 Å². The summed E-state index contributed by atoms with van der Waals surface area (Å²) < 4.78 is 21.1. The van der Waals surface area contributed by atoms with E-state index >= 15 is 0 Å².